The molecule has 0 aliphatic rings. The molecule has 3 nitrogen and oxygen atoms in total. The molecule has 4 heteroatoms. The van der Waals surface area contributed by atoms with Gasteiger partial charge in [-0.25, -0.2) is 9.97 Å². The van der Waals surface area contributed by atoms with Crippen molar-refractivity contribution in [1.29, 1.82) is 0 Å². The molecule has 2 heterocycles. The summed E-state index contributed by atoms with van der Waals surface area (Å²) >= 11 is 1.69. The summed E-state index contributed by atoms with van der Waals surface area (Å²) < 4.78 is 0. The first-order valence-electron chi connectivity index (χ1n) is 6.75. The Kier molecular flexibility index (Phi) is 3.40. The summed E-state index contributed by atoms with van der Waals surface area (Å²) in [4.78, 5) is 9.48. The van der Waals surface area contributed by atoms with Crippen LogP contribution in [0.1, 0.15) is 18.1 Å². The minimum Gasteiger partial charge on any atom is -0.370 e. The fourth-order valence-corrected chi connectivity index (χ4v) is 3.19. The fourth-order valence-electron chi connectivity index (χ4n) is 2.36. The maximum Gasteiger partial charge on any atom is 0.163 e. The van der Waals surface area contributed by atoms with Gasteiger partial charge in [-0.05, 0) is 43.3 Å². The van der Waals surface area contributed by atoms with Gasteiger partial charge in [0.15, 0.2) is 5.82 Å². The third-order valence-corrected chi connectivity index (χ3v) is 4.23. The van der Waals surface area contributed by atoms with E-state index >= 15 is 0 Å². The van der Waals surface area contributed by atoms with Gasteiger partial charge in [0.25, 0.3) is 0 Å². The van der Waals surface area contributed by atoms with E-state index in [9.17, 15) is 0 Å². The molecule has 0 aliphatic heterocycles. The van der Waals surface area contributed by atoms with Gasteiger partial charge in [-0.2, -0.15) is 11.3 Å². The molecule has 20 heavy (non-hydrogen) atoms. The Morgan fingerprint density at radius 1 is 1.10 bits per heavy atom. The Morgan fingerprint density at radius 3 is 2.65 bits per heavy atom. The van der Waals surface area contributed by atoms with Crippen molar-refractivity contribution >= 4 is 28.1 Å². The number of anilines is 1. The van der Waals surface area contributed by atoms with Gasteiger partial charge >= 0.3 is 0 Å². The average molecular weight is 283 g/mol. The maximum absolute atomic E-state index is 4.74. The number of nitrogens with one attached hydrogen (secondary N) is 1. The lowest BCUT2D eigenvalue weighted by Gasteiger charge is -2.11. The summed E-state index contributed by atoms with van der Waals surface area (Å²) in [5.74, 6) is 1.73. The van der Waals surface area contributed by atoms with Gasteiger partial charge < -0.3 is 5.32 Å². The lowest BCUT2D eigenvalue weighted by molar-refractivity contribution is 1.14. The number of rotatable bonds is 3. The average Bonchev–Trinajstić information content (AvgIpc) is 2.85. The first-order valence-corrected chi connectivity index (χ1v) is 7.69. The molecule has 0 unspecified atom stereocenters. The number of benzene rings is 1. The summed E-state index contributed by atoms with van der Waals surface area (Å²) in [6.07, 6.45) is 0. The van der Waals surface area contributed by atoms with Crippen molar-refractivity contribution in [3.05, 3.63) is 40.1 Å². The van der Waals surface area contributed by atoms with E-state index in [1.807, 2.05) is 6.07 Å². The SMILES string of the molecule is CCNc1nc(-c2cscc2C)nc2cccc(C)c12. The highest BCUT2D eigenvalue weighted by atomic mass is 32.1. The maximum atomic E-state index is 4.74. The number of hydrogen-bond acceptors (Lipinski definition) is 4. The Bertz CT molecular complexity index is 762. The highest BCUT2D eigenvalue weighted by Gasteiger charge is 2.12. The normalized spacial score (nSPS) is 10.9. The molecule has 0 aliphatic carbocycles. The third kappa shape index (κ3) is 2.16. The van der Waals surface area contributed by atoms with E-state index in [0.29, 0.717) is 0 Å². The van der Waals surface area contributed by atoms with Crippen LogP contribution in [0.2, 0.25) is 0 Å². The standard InChI is InChI=1S/C16H17N3S/c1-4-17-16-14-10(2)6-5-7-13(14)18-15(19-16)12-9-20-8-11(12)3/h5-9H,4H2,1-3H3,(H,17,18,19). The van der Waals surface area contributed by atoms with E-state index in [4.69, 9.17) is 9.97 Å². The number of aromatic nitrogens is 2. The van der Waals surface area contributed by atoms with Crippen LogP contribution in [0.15, 0.2) is 29.0 Å². The van der Waals surface area contributed by atoms with Crippen LogP contribution in [0.3, 0.4) is 0 Å². The van der Waals surface area contributed by atoms with Crippen LogP contribution >= 0.6 is 11.3 Å². The molecule has 0 fully saturated rings. The summed E-state index contributed by atoms with van der Waals surface area (Å²) in [6.45, 7) is 7.13. The zero-order valence-corrected chi connectivity index (χ0v) is 12.7. The summed E-state index contributed by atoms with van der Waals surface area (Å²) in [5, 5.41) is 8.73. The van der Waals surface area contributed by atoms with Gasteiger partial charge in [-0.3, -0.25) is 0 Å². The molecule has 0 saturated heterocycles. The Labute approximate surface area is 122 Å². The van der Waals surface area contributed by atoms with Crippen LogP contribution in [-0.2, 0) is 0 Å². The van der Waals surface area contributed by atoms with Crippen LogP contribution in [0, 0.1) is 13.8 Å². The third-order valence-electron chi connectivity index (χ3n) is 3.37. The molecule has 0 spiro atoms. The number of fused-ring (bicyclic) bond motifs is 1. The van der Waals surface area contributed by atoms with Crippen molar-refractivity contribution in [1.82, 2.24) is 9.97 Å². The van der Waals surface area contributed by atoms with E-state index in [0.717, 1.165) is 34.7 Å². The molecule has 0 saturated carbocycles. The van der Waals surface area contributed by atoms with Crippen molar-refractivity contribution in [2.45, 2.75) is 20.8 Å². The fraction of sp³-hybridized carbons (Fsp3) is 0.250. The van der Waals surface area contributed by atoms with Crippen molar-refractivity contribution in [2.24, 2.45) is 0 Å². The molecule has 0 bridgehead atoms. The van der Waals surface area contributed by atoms with Crippen LogP contribution in [0.5, 0.6) is 0 Å². The quantitative estimate of drug-likeness (QED) is 0.774. The predicted molar refractivity (Wildman–Crippen MR) is 86.5 cm³/mol. The van der Waals surface area contributed by atoms with Gasteiger partial charge in [0, 0.05) is 22.9 Å². The Hall–Kier alpha value is -1.94. The van der Waals surface area contributed by atoms with Gasteiger partial charge in [0.05, 0.1) is 5.52 Å². The molecule has 0 radical (unpaired) electrons. The van der Waals surface area contributed by atoms with Crippen LogP contribution in [-0.4, -0.2) is 16.5 Å². The summed E-state index contributed by atoms with van der Waals surface area (Å²) in [5.41, 5.74) is 4.55. The minimum atomic E-state index is 0.804. The Morgan fingerprint density at radius 2 is 1.95 bits per heavy atom. The van der Waals surface area contributed by atoms with E-state index in [1.165, 1.54) is 11.1 Å². The molecular formula is C16H17N3S. The van der Waals surface area contributed by atoms with Crippen LogP contribution in [0.4, 0.5) is 5.82 Å². The second-order valence-corrected chi connectivity index (χ2v) is 5.61. The van der Waals surface area contributed by atoms with Gasteiger partial charge in [-0.1, -0.05) is 12.1 Å². The highest BCUT2D eigenvalue weighted by molar-refractivity contribution is 7.08. The molecule has 3 aromatic rings. The second-order valence-electron chi connectivity index (χ2n) is 4.86. The lowest BCUT2D eigenvalue weighted by Crippen LogP contribution is -2.03. The number of hydrogen-bond donors (Lipinski definition) is 1. The first-order chi connectivity index (χ1) is 9.70. The molecule has 2 aromatic heterocycles. The summed E-state index contributed by atoms with van der Waals surface area (Å²) in [7, 11) is 0. The minimum absolute atomic E-state index is 0.804. The summed E-state index contributed by atoms with van der Waals surface area (Å²) in [6, 6.07) is 6.20. The molecule has 1 N–H and O–H groups in total. The smallest absolute Gasteiger partial charge is 0.163 e. The predicted octanol–water partition coefficient (Wildman–Crippen LogP) is 4.41. The van der Waals surface area contributed by atoms with Crippen molar-refractivity contribution < 1.29 is 0 Å². The van der Waals surface area contributed by atoms with Crippen molar-refractivity contribution in [3.63, 3.8) is 0 Å². The molecule has 102 valence electrons. The van der Waals surface area contributed by atoms with Gasteiger partial charge in [-0.15, -0.1) is 0 Å². The highest BCUT2D eigenvalue weighted by Crippen LogP contribution is 2.30. The number of thiophene rings is 1. The van der Waals surface area contributed by atoms with Gasteiger partial charge in [0.2, 0.25) is 0 Å². The largest absolute Gasteiger partial charge is 0.370 e. The van der Waals surface area contributed by atoms with E-state index in [1.54, 1.807) is 11.3 Å². The second kappa shape index (κ2) is 5.21. The molecule has 1 aromatic carbocycles. The number of nitrogens with zero attached hydrogens (tertiary/aromatic N) is 2. The molecule has 0 amide bonds. The lowest BCUT2D eigenvalue weighted by atomic mass is 10.1. The zero-order chi connectivity index (χ0) is 14.1. The first kappa shape index (κ1) is 13.1. The zero-order valence-electron chi connectivity index (χ0n) is 11.9. The monoisotopic (exact) mass is 283 g/mol. The van der Waals surface area contributed by atoms with Crippen LogP contribution in [0.25, 0.3) is 22.3 Å². The molecular weight excluding hydrogens is 266 g/mol. The van der Waals surface area contributed by atoms with E-state index in [-0.39, 0.29) is 0 Å². The number of aryl methyl sites for hydroxylation is 2. The van der Waals surface area contributed by atoms with E-state index < -0.39 is 0 Å². The van der Waals surface area contributed by atoms with Crippen molar-refractivity contribution in [3.8, 4) is 11.4 Å². The van der Waals surface area contributed by atoms with Crippen LogP contribution < -0.4 is 5.32 Å². The van der Waals surface area contributed by atoms with Crippen molar-refractivity contribution in [2.75, 3.05) is 11.9 Å². The molecule has 0 atom stereocenters. The Balaban J connectivity index is 2.29. The van der Waals surface area contributed by atoms with E-state index in [2.05, 4.69) is 49.0 Å². The van der Waals surface area contributed by atoms with Gasteiger partial charge in [0.1, 0.15) is 5.82 Å². The topological polar surface area (TPSA) is 37.8 Å². The molecule has 3 rings (SSSR count).